The van der Waals surface area contributed by atoms with E-state index in [0.29, 0.717) is 24.5 Å². The molecule has 2 aromatic rings. The van der Waals surface area contributed by atoms with Crippen LogP contribution in [0, 0.1) is 0 Å². The lowest BCUT2D eigenvalue weighted by molar-refractivity contribution is 0.378. The first-order valence-electron chi connectivity index (χ1n) is 5.89. The van der Waals surface area contributed by atoms with E-state index in [2.05, 4.69) is 30.5 Å². The molecule has 1 aliphatic rings. The van der Waals surface area contributed by atoms with Crippen LogP contribution in [-0.2, 0) is 13.1 Å². The number of ether oxygens (including phenoxy) is 1. The third-order valence-corrected chi connectivity index (χ3v) is 2.93. The van der Waals surface area contributed by atoms with Gasteiger partial charge in [-0.15, -0.1) is 10.2 Å². The second-order valence-corrected chi connectivity index (χ2v) is 4.06. The third-order valence-electron chi connectivity index (χ3n) is 2.93. The van der Waals surface area contributed by atoms with Gasteiger partial charge in [0.2, 0.25) is 11.9 Å². The average Bonchev–Trinajstić information content (AvgIpc) is 2.94. The van der Waals surface area contributed by atoms with Crippen LogP contribution in [0.4, 0.5) is 11.9 Å². The molecule has 0 amide bonds. The number of hydrogen-bond donors (Lipinski definition) is 1. The van der Waals surface area contributed by atoms with Gasteiger partial charge in [0, 0.05) is 20.1 Å². The SMILES string of the molecule is CNc1nc(OC)nc(N2CCn3cnnc3C2)n1. The van der Waals surface area contributed by atoms with Gasteiger partial charge in [0.15, 0.2) is 5.82 Å². The number of methoxy groups -OCH3 is 1. The number of nitrogens with one attached hydrogen (secondary N) is 1. The van der Waals surface area contributed by atoms with Crippen LogP contribution in [0.5, 0.6) is 6.01 Å². The van der Waals surface area contributed by atoms with Crippen LogP contribution >= 0.6 is 0 Å². The summed E-state index contributed by atoms with van der Waals surface area (Å²) in [5.41, 5.74) is 0. The molecular formula is C10H14N8O. The summed E-state index contributed by atoms with van der Waals surface area (Å²) in [6.45, 7) is 2.23. The average molecular weight is 262 g/mol. The molecule has 0 saturated heterocycles. The lowest BCUT2D eigenvalue weighted by atomic mass is 10.4. The molecule has 3 heterocycles. The Labute approximate surface area is 109 Å². The summed E-state index contributed by atoms with van der Waals surface area (Å²) in [7, 11) is 3.29. The van der Waals surface area contributed by atoms with E-state index in [4.69, 9.17) is 4.74 Å². The second kappa shape index (κ2) is 4.67. The minimum absolute atomic E-state index is 0.293. The van der Waals surface area contributed by atoms with Crippen LogP contribution < -0.4 is 15.0 Å². The Kier molecular flexibility index (Phi) is 2.86. The predicted octanol–water partition coefficient (Wildman–Crippen LogP) is -0.466. The van der Waals surface area contributed by atoms with E-state index in [0.717, 1.165) is 18.9 Å². The fourth-order valence-corrected chi connectivity index (χ4v) is 1.93. The highest BCUT2D eigenvalue weighted by atomic mass is 16.5. The molecule has 0 aliphatic carbocycles. The van der Waals surface area contributed by atoms with E-state index in [-0.39, 0.29) is 0 Å². The van der Waals surface area contributed by atoms with Gasteiger partial charge in [0.1, 0.15) is 6.33 Å². The Bertz CT molecular complexity index is 560. The van der Waals surface area contributed by atoms with E-state index in [1.807, 2.05) is 9.47 Å². The highest BCUT2D eigenvalue weighted by Crippen LogP contribution is 2.18. The molecule has 1 aliphatic heterocycles. The lowest BCUT2D eigenvalue weighted by Crippen LogP contribution is -2.35. The predicted molar refractivity (Wildman–Crippen MR) is 67.0 cm³/mol. The van der Waals surface area contributed by atoms with E-state index >= 15 is 0 Å². The number of nitrogens with zero attached hydrogens (tertiary/aromatic N) is 7. The topological polar surface area (TPSA) is 93.9 Å². The smallest absolute Gasteiger partial charge is 0.322 e. The van der Waals surface area contributed by atoms with Crippen LogP contribution in [-0.4, -0.2) is 50.4 Å². The zero-order valence-electron chi connectivity index (χ0n) is 10.7. The molecule has 0 unspecified atom stereocenters. The first-order chi connectivity index (χ1) is 9.30. The fraction of sp³-hybridized carbons (Fsp3) is 0.500. The van der Waals surface area contributed by atoms with Crippen molar-refractivity contribution < 1.29 is 4.74 Å². The van der Waals surface area contributed by atoms with Crippen molar-refractivity contribution in [3.8, 4) is 6.01 Å². The summed E-state index contributed by atoms with van der Waals surface area (Å²) < 4.78 is 7.10. The molecule has 0 atom stereocenters. The van der Waals surface area contributed by atoms with E-state index < -0.39 is 0 Å². The van der Waals surface area contributed by atoms with Crippen molar-refractivity contribution in [1.82, 2.24) is 29.7 Å². The third kappa shape index (κ3) is 2.14. The van der Waals surface area contributed by atoms with Crippen molar-refractivity contribution in [2.45, 2.75) is 13.1 Å². The first-order valence-corrected chi connectivity index (χ1v) is 5.89. The standard InChI is InChI=1S/C10H14N8O/c1-11-8-13-9(15-10(14-8)19-2)17-3-4-18-6-12-16-7(18)5-17/h6H,3-5H2,1-2H3,(H,11,13,14,15). The van der Waals surface area contributed by atoms with Gasteiger partial charge in [0.05, 0.1) is 13.7 Å². The summed E-state index contributed by atoms with van der Waals surface area (Å²) in [6.07, 6.45) is 1.74. The normalized spacial score (nSPS) is 14.1. The highest BCUT2D eigenvalue weighted by Gasteiger charge is 2.21. The minimum Gasteiger partial charge on any atom is -0.467 e. The molecular weight excluding hydrogens is 248 g/mol. The monoisotopic (exact) mass is 262 g/mol. The van der Waals surface area contributed by atoms with E-state index in [9.17, 15) is 0 Å². The molecule has 2 aromatic heterocycles. The molecule has 0 fully saturated rings. The molecule has 3 rings (SSSR count). The van der Waals surface area contributed by atoms with Crippen molar-refractivity contribution in [2.24, 2.45) is 0 Å². The number of rotatable bonds is 3. The van der Waals surface area contributed by atoms with Crippen LogP contribution in [0.25, 0.3) is 0 Å². The number of anilines is 2. The Morgan fingerprint density at radius 3 is 2.95 bits per heavy atom. The van der Waals surface area contributed by atoms with Crippen molar-refractivity contribution >= 4 is 11.9 Å². The molecule has 0 aromatic carbocycles. The highest BCUT2D eigenvalue weighted by molar-refractivity contribution is 5.38. The van der Waals surface area contributed by atoms with E-state index in [1.54, 1.807) is 13.4 Å². The molecule has 1 N–H and O–H groups in total. The van der Waals surface area contributed by atoms with Crippen LogP contribution in [0.15, 0.2) is 6.33 Å². The van der Waals surface area contributed by atoms with Gasteiger partial charge in [-0.1, -0.05) is 0 Å². The summed E-state index contributed by atoms with van der Waals surface area (Å²) in [5.74, 6) is 1.95. The molecule has 19 heavy (non-hydrogen) atoms. The minimum atomic E-state index is 0.293. The van der Waals surface area contributed by atoms with Crippen LogP contribution in [0.1, 0.15) is 5.82 Å². The zero-order chi connectivity index (χ0) is 13.2. The molecule has 9 nitrogen and oxygen atoms in total. The Morgan fingerprint density at radius 1 is 1.26 bits per heavy atom. The Morgan fingerprint density at radius 2 is 2.16 bits per heavy atom. The molecule has 0 bridgehead atoms. The number of hydrogen-bond acceptors (Lipinski definition) is 8. The summed E-state index contributed by atoms with van der Waals surface area (Å²) in [6, 6.07) is 0.293. The molecule has 0 radical (unpaired) electrons. The van der Waals surface area contributed by atoms with Gasteiger partial charge in [-0.2, -0.15) is 15.0 Å². The zero-order valence-corrected chi connectivity index (χ0v) is 10.7. The maximum absolute atomic E-state index is 5.08. The number of aromatic nitrogens is 6. The maximum atomic E-state index is 5.08. The van der Waals surface area contributed by atoms with E-state index in [1.165, 1.54) is 7.11 Å². The number of fused-ring (bicyclic) bond motifs is 1. The Hall–Kier alpha value is -2.45. The van der Waals surface area contributed by atoms with Crippen LogP contribution in [0.3, 0.4) is 0 Å². The van der Waals surface area contributed by atoms with Gasteiger partial charge in [0.25, 0.3) is 0 Å². The van der Waals surface area contributed by atoms with Crippen LogP contribution in [0.2, 0.25) is 0 Å². The van der Waals surface area contributed by atoms with Crippen molar-refractivity contribution in [3.05, 3.63) is 12.2 Å². The second-order valence-electron chi connectivity index (χ2n) is 4.06. The first kappa shape index (κ1) is 11.6. The van der Waals surface area contributed by atoms with Gasteiger partial charge in [-0.3, -0.25) is 0 Å². The van der Waals surface area contributed by atoms with Gasteiger partial charge in [-0.25, -0.2) is 0 Å². The van der Waals surface area contributed by atoms with Gasteiger partial charge < -0.3 is 19.5 Å². The van der Waals surface area contributed by atoms with Crippen molar-refractivity contribution in [1.29, 1.82) is 0 Å². The molecule has 0 spiro atoms. The molecule has 9 heteroatoms. The maximum Gasteiger partial charge on any atom is 0.322 e. The summed E-state index contributed by atoms with van der Waals surface area (Å²) >= 11 is 0. The quantitative estimate of drug-likeness (QED) is 0.793. The largest absolute Gasteiger partial charge is 0.467 e. The van der Waals surface area contributed by atoms with Crippen molar-refractivity contribution in [2.75, 3.05) is 30.9 Å². The molecule has 0 saturated carbocycles. The fourth-order valence-electron chi connectivity index (χ4n) is 1.93. The Balaban J connectivity index is 1.90. The summed E-state index contributed by atoms with van der Waals surface area (Å²) in [5, 5.41) is 10.9. The van der Waals surface area contributed by atoms with Crippen molar-refractivity contribution in [3.63, 3.8) is 0 Å². The molecule has 100 valence electrons. The summed E-state index contributed by atoms with van der Waals surface area (Å²) in [4.78, 5) is 14.7. The van der Waals surface area contributed by atoms with Gasteiger partial charge >= 0.3 is 6.01 Å². The lowest BCUT2D eigenvalue weighted by Gasteiger charge is -2.27. The van der Waals surface area contributed by atoms with Gasteiger partial charge in [-0.05, 0) is 0 Å².